The third-order valence-corrected chi connectivity index (χ3v) is 18.7. The van der Waals surface area contributed by atoms with E-state index in [4.69, 9.17) is 4.74 Å². The molecule has 96 heavy (non-hydrogen) atoms. The van der Waals surface area contributed by atoms with Crippen molar-refractivity contribution in [2.45, 2.75) is 254 Å². The van der Waals surface area contributed by atoms with Crippen molar-refractivity contribution in [3.63, 3.8) is 0 Å². The Bertz CT molecular complexity index is 2620. The summed E-state index contributed by atoms with van der Waals surface area (Å²) in [5.41, 5.74) is -1.61. The van der Waals surface area contributed by atoms with E-state index in [-0.39, 0.29) is 69.5 Å². The molecule has 6 N–H and O–H groups in total. The fourth-order valence-electron chi connectivity index (χ4n) is 12.5. The molecular formula is C70H126N12O14. The molecule has 2 fully saturated rings. The highest BCUT2D eigenvalue weighted by molar-refractivity contribution is 6.00. The number of amides is 11. The van der Waals surface area contributed by atoms with Gasteiger partial charge in [0.15, 0.2) is 0 Å². The molecule has 0 radical (unpaired) electrons. The van der Waals surface area contributed by atoms with Crippen molar-refractivity contribution < 1.29 is 67.7 Å². The van der Waals surface area contributed by atoms with Gasteiger partial charge in [-0.1, -0.05) is 102 Å². The number of aliphatic hydroxyl groups is 2. The maximum atomic E-state index is 15.4. The minimum Gasteiger partial charge on any atom is -0.390 e. The Morgan fingerprint density at radius 2 is 0.958 bits per heavy atom. The fourth-order valence-corrected chi connectivity index (χ4v) is 12.5. The molecule has 0 aromatic carbocycles. The number of piperidine rings is 1. The zero-order chi connectivity index (χ0) is 73.7. The number of allylic oxidation sites excluding steroid dienone is 2. The molecule has 2 saturated heterocycles. The van der Waals surface area contributed by atoms with Crippen LogP contribution in [-0.2, 0) is 57.5 Å². The second-order valence-electron chi connectivity index (χ2n) is 29.7. The van der Waals surface area contributed by atoms with Crippen molar-refractivity contribution in [2.24, 2.45) is 35.5 Å². The molecule has 26 nitrogen and oxygen atoms in total. The zero-order valence-electron chi connectivity index (χ0n) is 62.8. The van der Waals surface area contributed by atoms with Gasteiger partial charge in [-0.15, -0.1) is 0 Å². The van der Waals surface area contributed by atoms with E-state index in [1.165, 1.54) is 96.6 Å². The zero-order valence-corrected chi connectivity index (χ0v) is 62.8. The van der Waals surface area contributed by atoms with Gasteiger partial charge in [0.05, 0.1) is 24.9 Å². The van der Waals surface area contributed by atoms with Crippen molar-refractivity contribution >= 4 is 65.0 Å². The molecule has 13 atom stereocenters. The largest absolute Gasteiger partial charge is 0.390 e. The third-order valence-electron chi connectivity index (χ3n) is 18.7. The number of likely N-dealkylation sites (N-methyl/N-ethyl adjacent to an activating group) is 7. The molecule has 2 aliphatic heterocycles. The molecular weight excluding hydrogens is 1230 g/mol. The monoisotopic (exact) mass is 1360 g/mol. The summed E-state index contributed by atoms with van der Waals surface area (Å²) in [4.78, 5) is 175. The van der Waals surface area contributed by atoms with Crippen molar-refractivity contribution in [1.29, 1.82) is 0 Å². The van der Waals surface area contributed by atoms with Crippen molar-refractivity contribution in [2.75, 3.05) is 82.2 Å². The summed E-state index contributed by atoms with van der Waals surface area (Å²) in [5, 5.41) is 34.8. The summed E-state index contributed by atoms with van der Waals surface area (Å²) in [6.45, 7) is 30.9. The Hall–Kier alpha value is -6.25. The molecule has 0 aromatic rings. The Balaban J connectivity index is 3.12. The van der Waals surface area contributed by atoms with E-state index in [1.807, 2.05) is 41.5 Å². The van der Waals surface area contributed by atoms with E-state index >= 15 is 28.8 Å². The van der Waals surface area contributed by atoms with E-state index in [1.54, 1.807) is 60.6 Å². The molecule has 550 valence electrons. The standard InChI is InChI=1S/C70H126N12O14/c1-25-27-31-46(13)58(83)57-62(87)73-49(26-2)64(89)79(22)54(40-96-35-34-82-32-29-28-30-33-82)67(92)78(21)53(39-70(16,17)95)61(86)74-55(44(9)10)68(93)75(18)50(36-41(3)4)60(85)71-47(14)59(84)72-48(15)63(88)76(19)51(37-42(5)6)65(90)77(20)52(38-43(7)8)66(91)80(23)56(45(11)12)69(94)81(57)24/h25,27,41-58,83,95H,26,28-40H2,1-24H3,(H,71,85)(H,72,84)(H,73,87)(H,74,86)/b27-25+/t46-,47+,48-,49+,50+,51+,52+,53+,54-,55+,56+,57+,58-/m1/s1. The highest BCUT2D eigenvalue weighted by atomic mass is 16.5. The summed E-state index contributed by atoms with van der Waals surface area (Å²) in [7, 11) is 9.78. The average molecular weight is 1360 g/mol. The molecule has 0 saturated carbocycles. The van der Waals surface area contributed by atoms with Gasteiger partial charge in [-0.2, -0.15) is 0 Å². The number of likely N-dealkylation sites (tertiary alicyclic amines) is 1. The topological polar surface area (TPSA) is 312 Å². The minimum absolute atomic E-state index is 0.0526. The molecule has 2 rings (SSSR count). The summed E-state index contributed by atoms with van der Waals surface area (Å²) in [5.74, 6) is -10.5. The number of carbonyl (C=O) groups excluding carboxylic acids is 11. The molecule has 11 amide bonds. The second-order valence-corrected chi connectivity index (χ2v) is 29.7. The number of hydrogen-bond acceptors (Lipinski definition) is 15. The van der Waals surface area contributed by atoms with Crippen molar-refractivity contribution in [1.82, 2.24) is 60.5 Å². The Morgan fingerprint density at radius 3 is 1.45 bits per heavy atom. The van der Waals surface area contributed by atoms with Gasteiger partial charge >= 0.3 is 0 Å². The Labute approximate surface area is 574 Å². The van der Waals surface area contributed by atoms with Crippen LogP contribution >= 0.6 is 0 Å². The molecule has 2 aliphatic rings. The molecule has 26 heteroatoms. The highest BCUT2D eigenvalue weighted by Crippen LogP contribution is 2.27. The predicted molar refractivity (Wildman–Crippen MR) is 370 cm³/mol. The lowest BCUT2D eigenvalue weighted by Crippen LogP contribution is -2.64. The van der Waals surface area contributed by atoms with Gasteiger partial charge in [0.2, 0.25) is 65.0 Å². The van der Waals surface area contributed by atoms with Gasteiger partial charge in [-0.25, -0.2) is 0 Å². The molecule has 0 unspecified atom stereocenters. The Kier molecular flexibility index (Phi) is 35.2. The number of nitrogens with one attached hydrogen (secondary N) is 4. The molecule has 0 aliphatic carbocycles. The highest BCUT2D eigenvalue weighted by Gasteiger charge is 2.47. The quantitative estimate of drug-likeness (QED) is 0.0753. The maximum absolute atomic E-state index is 15.4. The van der Waals surface area contributed by atoms with Crippen molar-refractivity contribution in [3.8, 4) is 0 Å². The number of nitrogens with zero attached hydrogens (tertiary/aromatic N) is 8. The van der Waals surface area contributed by atoms with Gasteiger partial charge in [-0.3, -0.25) is 52.7 Å². The van der Waals surface area contributed by atoms with Crippen LogP contribution in [0.1, 0.15) is 175 Å². The summed E-state index contributed by atoms with van der Waals surface area (Å²) < 4.78 is 6.24. The van der Waals surface area contributed by atoms with Gasteiger partial charge < -0.3 is 75.4 Å². The van der Waals surface area contributed by atoms with E-state index in [0.29, 0.717) is 6.54 Å². The summed E-state index contributed by atoms with van der Waals surface area (Å²) in [6.07, 6.45) is 5.39. The normalized spacial score (nSPS) is 27.3. The van der Waals surface area contributed by atoms with Crippen LogP contribution in [0.5, 0.6) is 0 Å². The van der Waals surface area contributed by atoms with Crippen LogP contribution in [0.3, 0.4) is 0 Å². The van der Waals surface area contributed by atoms with Crippen LogP contribution in [0.4, 0.5) is 0 Å². The van der Waals surface area contributed by atoms with E-state index in [0.717, 1.165) is 47.1 Å². The second kappa shape index (κ2) is 39.4. The lowest BCUT2D eigenvalue weighted by atomic mass is 9.91. The number of ether oxygens (including phenoxy) is 1. The van der Waals surface area contributed by atoms with Crippen LogP contribution in [0, 0.1) is 35.5 Å². The van der Waals surface area contributed by atoms with Crippen molar-refractivity contribution in [3.05, 3.63) is 12.2 Å². The van der Waals surface area contributed by atoms with E-state index < -0.39 is 161 Å². The number of rotatable bonds is 20. The third kappa shape index (κ3) is 24.6. The van der Waals surface area contributed by atoms with Gasteiger partial charge in [-0.05, 0) is 128 Å². The average Bonchev–Trinajstić information content (AvgIpc) is 0.812. The predicted octanol–water partition coefficient (Wildman–Crippen LogP) is 3.25. The summed E-state index contributed by atoms with van der Waals surface area (Å²) in [6, 6.07) is -14.7. The van der Waals surface area contributed by atoms with Crippen LogP contribution in [0.25, 0.3) is 0 Å². The van der Waals surface area contributed by atoms with Gasteiger partial charge in [0.1, 0.15) is 66.5 Å². The molecule has 0 spiro atoms. The summed E-state index contributed by atoms with van der Waals surface area (Å²) >= 11 is 0. The number of hydrogen-bond donors (Lipinski definition) is 6. The van der Waals surface area contributed by atoms with E-state index in [9.17, 15) is 34.2 Å². The van der Waals surface area contributed by atoms with Gasteiger partial charge in [0.25, 0.3) is 0 Å². The van der Waals surface area contributed by atoms with Crippen LogP contribution < -0.4 is 21.3 Å². The van der Waals surface area contributed by atoms with Crippen LogP contribution in [-0.4, -0.2) is 275 Å². The first kappa shape index (κ1) is 85.8. The first-order chi connectivity index (χ1) is 44.5. The molecule has 0 aromatic heterocycles. The van der Waals surface area contributed by atoms with Crippen LogP contribution in [0.15, 0.2) is 12.2 Å². The first-order valence-electron chi connectivity index (χ1n) is 34.9. The number of aliphatic hydroxyl groups excluding tert-OH is 1. The minimum atomic E-state index is -1.68. The molecule has 2 heterocycles. The lowest BCUT2D eigenvalue weighted by Gasteiger charge is -2.41. The van der Waals surface area contributed by atoms with Crippen LogP contribution in [0.2, 0.25) is 0 Å². The Morgan fingerprint density at radius 1 is 0.510 bits per heavy atom. The molecule has 0 bridgehead atoms. The van der Waals surface area contributed by atoms with Gasteiger partial charge in [0, 0.05) is 62.3 Å². The smallest absolute Gasteiger partial charge is 0.248 e. The SMILES string of the molecule is C/C=C/C[C@@H](C)[C@@H](O)[C@H]1C(=O)N[C@@H](CC)C(=O)N(C)[C@H](COCCN2CCCCC2)C(=O)N(C)[C@@H](CC(C)(C)O)C(=O)N[C@@H](C(C)C)C(=O)N(C)[C@@H](CC(C)C)C(=O)N[C@@H](C)C(=O)N[C@H](C)C(=O)N(C)[C@@H](CC(C)C)C(=O)N(C)[C@@H](CC(C)C)C(=O)N(C)[C@@H](C(C)C)C(=O)N1C. The maximum Gasteiger partial charge on any atom is 0.248 e. The first-order valence-corrected chi connectivity index (χ1v) is 34.9. The lowest BCUT2D eigenvalue weighted by molar-refractivity contribution is -0.157. The number of carbonyl (C=O) groups is 11. The van der Waals surface area contributed by atoms with E-state index in [2.05, 4.69) is 26.2 Å². The fraction of sp³-hybridized carbons (Fsp3) is 0.814.